The Labute approximate surface area is 91.4 Å². The summed E-state index contributed by atoms with van der Waals surface area (Å²) >= 11 is 0. The molecule has 2 heterocycles. The highest BCUT2D eigenvalue weighted by molar-refractivity contribution is 5.78. The van der Waals surface area contributed by atoms with Gasteiger partial charge >= 0.3 is 0 Å². The molecule has 0 spiro atoms. The summed E-state index contributed by atoms with van der Waals surface area (Å²) in [4.78, 5) is 15.8. The topological polar surface area (TPSA) is 49.6 Å². The summed E-state index contributed by atoms with van der Waals surface area (Å²) in [6, 6.07) is 0.558. The van der Waals surface area contributed by atoms with Crippen LogP contribution >= 0.6 is 0 Å². The predicted octanol–water partition coefficient (Wildman–Crippen LogP) is 0.0319. The van der Waals surface area contributed by atoms with E-state index in [1.54, 1.807) is 0 Å². The molecule has 1 atom stereocenters. The number of nitrogens with zero attached hydrogens (tertiary/aromatic N) is 2. The fourth-order valence-corrected chi connectivity index (χ4v) is 2.65. The first-order chi connectivity index (χ1) is 7.31. The number of hydrogen-bond acceptors (Lipinski definition) is 3. The van der Waals surface area contributed by atoms with Crippen LogP contribution in [-0.2, 0) is 4.79 Å². The molecule has 2 rings (SSSR count). The van der Waals surface area contributed by atoms with Gasteiger partial charge in [0, 0.05) is 38.6 Å². The number of hydrogen-bond donors (Lipinski definition) is 1. The van der Waals surface area contributed by atoms with Crippen LogP contribution in [-0.4, -0.2) is 54.5 Å². The molecule has 2 saturated heterocycles. The van der Waals surface area contributed by atoms with Crippen molar-refractivity contribution in [2.45, 2.75) is 31.7 Å². The highest BCUT2D eigenvalue weighted by atomic mass is 16.2. The number of nitrogens with two attached hydrogens (primary N) is 1. The molecule has 0 radical (unpaired) electrons. The number of carbonyl (C=O) groups excluding carboxylic acids is 1. The highest BCUT2D eigenvalue weighted by Gasteiger charge is 2.25. The van der Waals surface area contributed by atoms with Crippen molar-refractivity contribution >= 4 is 5.91 Å². The van der Waals surface area contributed by atoms with E-state index in [1.807, 2.05) is 4.90 Å². The van der Waals surface area contributed by atoms with Crippen LogP contribution in [0.25, 0.3) is 0 Å². The molecule has 2 N–H and O–H groups in total. The maximum atomic E-state index is 11.4. The second-order valence-electron chi connectivity index (χ2n) is 4.55. The van der Waals surface area contributed by atoms with Gasteiger partial charge < -0.3 is 10.6 Å². The van der Waals surface area contributed by atoms with Gasteiger partial charge in [0.15, 0.2) is 0 Å². The maximum absolute atomic E-state index is 11.4. The van der Waals surface area contributed by atoms with Crippen LogP contribution in [0.3, 0.4) is 0 Å². The predicted molar refractivity (Wildman–Crippen MR) is 59.5 cm³/mol. The largest absolute Gasteiger partial charge is 0.341 e. The van der Waals surface area contributed by atoms with Crippen molar-refractivity contribution in [1.29, 1.82) is 0 Å². The molecule has 4 nitrogen and oxygen atoms in total. The van der Waals surface area contributed by atoms with E-state index in [9.17, 15) is 4.79 Å². The average molecular weight is 211 g/mol. The van der Waals surface area contributed by atoms with Gasteiger partial charge in [-0.15, -0.1) is 0 Å². The first-order valence-corrected chi connectivity index (χ1v) is 6.03. The molecule has 2 fully saturated rings. The van der Waals surface area contributed by atoms with E-state index in [-0.39, 0.29) is 0 Å². The average Bonchev–Trinajstić information content (AvgIpc) is 2.83. The smallest absolute Gasteiger partial charge is 0.222 e. The first-order valence-electron chi connectivity index (χ1n) is 6.03. The molecule has 1 unspecified atom stereocenters. The molecular weight excluding hydrogens is 190 g/mol. The van der Waals surface area contributed by atoms with Crippen molar-refractivity contribution in [1.82, 2.24) is 9.80 Å². The van der Waals surface area contributed by atoms with Crippen molar-refractivity contribution in [3.63, 3.8) is 0 Å². The Morgan fingerprint density at radius 2 is 2.13 bits per heavy atom. The van der Waals surface area contributed by atoms with E-state index >= 15 is 0 Å². The number of amides is 1. The number of rotatable bonds is 4. The third-order valence-electron chi connectivity index (χ3n) is 3.60. The van der Waals surface area contributed by atoms with Gasteiger partial charge in [0.05, 0.1) is 0 Å². The number of likely N-dealkylation sites (tertiary alicyclic amines) is 2. The molecule has 0 aromatic rings. The van der Waals surface area contributed by atoms with Crippen LogP contribution in [0.2, 0.25) is 0 Å². The van der Waals surface area contributed by atoms with Crippen LogP contribution < -0.4 is 5.73 Å². The normalized spacial score (nSPS) is 27.9. The van der Waals surface area contributed by atoms with Gasteiger partial charge in [-0.25, -0.2) is 0 Å². The molecule has 0 bridgehead atoms. The van der Waals surface area contributed by atoms with Crippen LogP contribution in [0.15, 0.2) is 0 Å². The Kier molecular flexibility index (Phi) is 3.59. The zero-order valence-electron chi connectivity index (χ0n) is 9.32. The summed E-state index contributed by atoms with van der Waals surface area (Å²) in [5.41, 5.74) is 5.71. The third-order valence-corrected chi connectivity index (χ3v) is 3.60. The molecule has 4 heteroatoms. The summed E-state index contributed by atoms with van der Waals surface area (Å²) in [5.74, 6) is 0.332. The second kappa shape index (κ2) is 4.94. The van der Waals surface area contributed by atoms with E-state index < -0.39 is 0 Å². The van der Waals surface area contributed by atoms with Crippen LogP contribution in [0.1, 0.15) is 25.7 Å². The van der Waals surface area contributed by atoms with E-state index in [0.29, 0.717) is 11.9 Å². The van der Waals surface area contributed by atoms with E-state index in [1.165, 1.54) is 12.8 Å². The van der Waals surface area contributed by atoms with Crippen LogP contribution in [0.5, 0.6) is 0 Å². The highest BCUT2D eigenvalue weighted by Crippen LogP contribution is 2.16. The Bertz CT molecular complexity index is 232. The zero-order valence-corrected chi connectivity index (χ0v) is 9.32. The van der Waals surface area contributed by atoms with Crippen molar-refractivity contribution in [2.24, 2.45) is 5.73 Å². The molecule has 1 amide bonds. The summed E-state index contributed by atoms with van der Waals surface area (Å²) < 4.78 is 0. The van der Waals surface area contributed by atoms with Gasteiger partial charge in [-0.1, -0.05) is 0 Å². The molecule has 15 heavy (non-hydrogen) atoms. The van der Waals surface area contributed by atoms with Crippen molar-refractivity contribution in [3.8, 4) is 0 Å². The number of carbonyl (C=O) groups is 1. The van der Waals surface area contributed by atoms with Gasteiger partial charge in [0.25, 0.3) is 0 Å². The first kappa shape index (κ1) is 10.9. The fourth-order valence-electron chi connectivity index (χ4n) is 2.65. The maximum Gasteiger partial charge on any atom is 0.222 e. The minimum Gasteiger partial charge on any atom is -0.341 e. The summed E-state index contributed by atoms with van der Waals surface area (Å²) in [5, 5.41) is 0. The SMILES string of the molecule is NCC1CCCN1CCN1CCCC1=O. The van der Waals surface area contributed by atoms with Crippen molar-refractivity contribution < 1.29 is 4.79 Å². The van der Waals surface area contributed by atoms with E-state index in [0.717, 1.165) is 45.6 Å². The summed E-state index contributed by atoms with van der Waals surface area (Å²) in [7, 11) is 0. The third kappa shape index (κ3) is 2.49. The molecule has 0 aromatic heterocycles. The molecular formula is C11H21N3O. The molecule has 2 aliphatic rings. The Hall–Kier alpha value is -0.610. The van der Waals surface area contributed by atoms with Gasteiger partial charge in [0.2, 0.25) is 5.91 Å². The monoisotopic (exact) mass is 211 g/mol. The molecule has 0 aliphatic carbocycles. The lowest BCUT2D eigenvalue weighted by Crippen LogP contribution is -2.41. The van der Waals surface area contributed by atoms with Gasteiger partial charge in [-0.2, -0.15) is 0 Å². The van der Waals surface area contributed by atoms with E-state index in [4.69, 9.17) is 5.73 Å². The second-order valence-corrected chi connectivity index (χ2v) is 4.55. The molecule has 2 aliphatic heterocycles. The molecule has 86 valence electrons. The van der Waals surface area contributed by atoms with E-state index in [2.05, 4.69) is 4.90 Å². The standard InChI is InChI=1S/C11H21N3O/c12-9-10-3-1-5-13(10)7-8-14-6-2-4-11(14)15/h10H,1-9,12H2. The van der Waals surface area contributed by atoms with Gasteiger partial charge in [-0.3, -0.25) is 9.69 Å². The lowest BCUT2D eigenvalue weighted by molar-refractivity contribution is -0.127. The molecule has 0 aromatic carbocycles. The summed E-state index contributed by atoms with van der Waals surface area (Å²) in [6.45, 7) is 4.78. The Balaban J connectivity index is 1.75. The lowest BCUT2D eigenvalue weighted by Gasteiger charge is -2.25. The lowest BCUT2D eigenvalue weighted by atomic mass is 10.2. The Morgan fingerprint density at radius 1 is 1.27 bits per heavy atom. The minimum atomic E-state index is 0.332. The quantitative estimate of drug-likeness (QED) is 0.714. The molecule has 0 saturated carbocycles. The zero-order chi connectivity index (χ0) is 10.7. The summed E-state index contributed by atoms with van der Waals surface area (Å²) in [6.07, 6.45) is 4.28. The van der Waals surface area contributed by atoms with Crippen LogP contribution in [0.4, 0.5) is 0 Å². The minimum absolute atomic E-state index is 0.332. The van der Waals surface area contributed by atoms with Crippen molar-refractivity contribution in [3.05, 3.63) is 0 Å². The fraction of sp³-hybridized carbons (Fsp3) is 0.909. The Morgan fingerprint density at radius 3 is 2.80 bits per heavy atom. The van der Waals surface area contributed by atoms with Crippen LogP contribution in [0, 0.1) is 0 Å². The van der Waals surface area contributed by atoms with Crippen molar-refractivity contribution in [2.75, 3.05) is 32.7 Å². The van der Waals surface area contributed by atoms with Gasteiger partial charge in [-0.05, 0) is 25.8 Å². The van der Waals surface area contributed by atoms with Gasteiger partial charge in [0.1, 0.15) is 0 Å².